The van der Waals surface area contributed by atoms with Crippen molar-refractivity contribution in [3.63, 3.8) is 0 Å². The molecular weight excluding hydrogens is 757 g/mol. The van der Waals surface area contributed by atoms with Crippen LogP contribution in [0.2, 0.25) is 0 Å². The van der Waals surface area contributed by atoms with Gasteiger partial charge in [-0.05, 0) is 62.9 Å². The molecule has 59 heavy (non-hydrogen) atoms. The van der Waals surface area contributed by atoms with Crippen molar-refractivity contribution < 1.29 is 33.4 Å². The first-order chi connectivity index (χ1) is 28.6. The summed E-state index contributed by atoms with van der Waals surface area (Å²) in [5, 5.41) is 3.89. The predicted octanol–water partition coefficient (Wildman–Crippen LogP) is 4.45. The highest BCUT2D eigenvalue weighted by atomic mass is 16.5. The summed E-state index contributed by atoms with van der Waals surface area (Å²) in [6, 6.07) is 7.85. The van der Waals surface area contributed by atoms with Gasteiger partial charge in [-0.15, -0.1) is 0 Å². The zero-order chi connectivity index (χ0) is 41.2. The SMILES string of the molecule is CC(=O)c1c(C)c2cnc(Nc3ccc(N4CCN(CCOCCCOc5cccc6c5C(=O)N(C5CCC(=O)CC5=O)C6=O)CC4)cn3)nc2n(C2CCCC2)c1=O. The van der Waals surface area contributed by atoms with E-state index in [1.54, 1.807) is 35.9 Å². The van der Waals surface area contributed by atoms with E-state index in [1.165, 1.54) is 6.92 Å². The highest BCUT2D eigenvalue weighted by Crippen LogP contribution is 2.35. The number of Topliss-reactive ketones (excluding diaryl/α,β-unsaturated/α-hetero) is 3. The lowest BCUT2D eigenvalue weighted by Gasteiger charge is -2.35. The molecule has 5 heterocycles. The molecule has 2 aliphatic heterocycles. The van der Waals surface area contributed by atoms with Crippen LogP contribution in [0.5, 0.6) is 5.75 Å². The number of ketones is 3. The van der Waals surface area contributed by atoms with Crippen molar-refractivity contribution in [1.29, 1.82) is 0 Å². The summed E-state index contributed by atoms with van der Waals surface area (Å²) in [6.45, 7) is 8.73. The number of carbonyl (C=O) groups is 5. The molecule has 2 amide bonds. The number of nitrogens with zero attached hydrogens (tertiary/aromatic N) is 7. The Balaban J connectivity index is 0.775. The molecule has 2 saturated carbocycles. The molecule has 8 rings (SSSR count). The second-order valence-electron chi connectivity index (χ2n) is 15.7. The molecule has 1 N–H and O–H groups in total. The summed E-state index contributed by atoms with van der Waals surface area (Å²) in [5.74, 6) is -0.701. The Kier molecular flexibility index (Phi) is 11.6. The standard InChI is InChI=1S/C43H48N8O8/c1-26-32-25-45-43(47-39(32)50(28-7-3-4-8-28)41(56)37(26)27(2)52)46-36-14-11-29(24-44-36)49-17-15-48(16-18-49)19-22-58-20-6-21-59-35-10-5-9-31-38(35)42(57)51(40(31)55)33-13-12-30(53)23-34(33)54/h5,9-11,14,24-25,28,33H,3-4,6-8,12-13,15-23H2,1-2H3,(H,44,45,46,47). The van der Waals surface area contributed by atoms with E-state index in [2.05, 4.69) is 25.1 Å². The number of ether oxygens (including phenoxy) is 2. The topological polar surface area (TPSA) is 186 Å². The molecule has 0 bridgehead atoms. The van der Waals surface area contributed by atoms with E-state index in [0.29, 0.717) is 53.7 Å². The molecule has 4 aliphatic rings. The number of piperazine rings is 1. The molecule has 0 radical (unpaired) electrons. The first kappa shape index (κ1) is 39.9. The molecule has 2 aliphatic carbocycles. The second-order valence-corrected chi connectivity index (χ2v) is 15.7. The van der Waals surface area contributed by atoms with E-state index in [9.17, 15) is 28.8 Å². The molecule has 3 aromatic heterocycles. The van der Waals surface area contributed by atoms with E-state index in [1.807, 2.05) is 18.3 Å². The number of aryl methyl sites for hydroxylation is 1. The van der Waals surface area contributed by atoms with Crippen molar-refractivity contribution in [3.8, 4) is 5.75 Å². The van der Waals surface area contributed by atoms with Crippen LogP contribution in [0.25, 0.3) is 11.0 Å². The van der Waals surface area contributed by atoms with Gasteiger partial charge in [0.1, 0.15) is 23.0 Å². The van der Waals surface area contributed by atoms with Crippen LogP contribution in [0.4, 0.5) is 17.5 Å². The second kappa shape index (κ2) is 17.2. The number of imide groups is 1. The third-order valence-electron chi connectivity index (χ3n) is 11.9. The number of fused-ring (bicyclic) bond motifs is 2. The molecule has 4 aromatic rings. The largest absolute Gasteiger partial charge is 0.493 e. The number of anilines is 3. The molecule has 1 unspecified atom stereocenters. The van der Waals surface area contributed by atoms with Crippen molar-refractivity contribution in [2.75, 3.05) is 62.8 Å². The lowest BCUT2D eigenvalue weighted by molar-refractivity contribution is -0.132. The Hall–Kier alpha value is -5.87. The van der Waals surface area contributed by atoms with Crippen molar-refractivity contribution >= 4 is 57.7 Å². The normalized spacial score (nSPS) is 18.9. The van der Waals surface area contributed by atoms with Gasteiger partial charge in [0.25, 0.3) is 17.4 Å². The van der Waals surface area contributed by atoms with Crippen LogP contribution < -0.4 is 20.5 Å². The summed E-state index contributed by atoms with van der Waals surface area (Å²) in [5.41, 5.74) is 2.44. The average Bonchev–Trinajstić information content (AvgIpc) is 3.84. The van der Waals surface area contributed by atoms with Crippen LogP contribution in [0.15, 0.2) is 47.5 Å². The summed E-state index contributed by atoms with van der Waals surface area (Å²) >= 11 is 0. The molecule has 1 atom stereocenters. The minimum Gasteiger partial charge on any atom is -0.493 e. The summed E-state index contributed by atoms with van der Waals surface area (Å²) in [4.78, 5) is 96.1. The maximum atomic E-state index is 13.5. The van der Waals surface area contributed by atoms with Crippen molar-refractivity contribution in [2.45, 2.75) is 77.3 Å². The van der Waals surface area contributed by atoms with Gasteiger partial charge in [-0.1, -0.05) is 18.9 Å². The highest BCUT2D eigenvalue weighted by molar-refractivity contribution is 6.24. The van der Waals surface area contributed by atoms with Gasteiger partial charge < -0.3 is 19.7 Å². The lowest BCUT2D eigenvalue weighted by Crippen LogP contribution is -2.47. The Morgan fingerprint density at radius 1 is 0.898 bits per heavy atom. The zero-order valence-electron chi connectivity index (χ0n) is 33.4. The molecular formula is C43H48N8O8. The maximum absolute atomic E-state index is 13.5. The highest BCUT2D eigenvalue weighted by Gasteiger charge is 2.45. The fourth-order valence-electron chi connectivity index (χ4n) is 8.75. The Labute approximate surface area is 340 Å². The molecule has 308 valence electrons. The van der Waals surface area contributed by atoms with Gasteiger partial charge in [-0.2, -0.15) is 4.98 Å². The van der Waals surface area contributed by atoms with E-state index in [4.69, 9.17) is 14.5 Å². The van der Waals surface area contributed by atoms with Crippen LogP contribution in [0.3, 0.4) is 0 Å². The number of pyridine rings is 2. The molecule has 1 saturated heterocycles. The number of carbonyl (C=O) groups excluding carboxylic acids is 5. The molecule has 3 fully saturated rings. The number of hydrogen-bond acceptors (Lipinski definition) is 14. The summed E-state index contributed by atoms with van der Waals surface area (Å²) in [7, 11) is 0. The predicted molar refractivity (Wildman–Crippen MR) is 218 cm³/mol. The quantitative estimate of drug-likeness (QED) is 0.0816. The van der Waals surface area contributed by atoms with Crippen molar-refractivity contribution in [1.82, 2.24) is 29.3 Å². The van der Waals surface area contributed by atoms with E-state index >= 15 is 0 Å². The number of aromatic nitrogens is 4. The number of amides is 2. The van der Waals surface area contributed by atoms with Crippen molar-refractivity contribution in [3.05, 3.63) is 75.3 Å². The van der Waals surface area contributed by atoms with Crippen LogP contribution in [-0.2, 0) is 14.3 Å². The van der Waals surface area contributed by atoms with Crippen LogP contribution in [0, 0.1) is 6.92 Å². The van der Waals surface area contributed by atoms with Gasteiger partial charge in [0.15, 0.2) is 11.6 Å². The number of nitrogens with one attached hydrogen (secondary N) is 1. The Bertz CT molecular complexity index is 2370. The fourth-order valence-corrected chi connectivity index (χ4v) is 8.75. The third-order valence-corrected chi connectivity index (χ3v) is 11.9. The molecule has 1 aromatic carbocycles. The van der Waals surface area contributed by atoms with E-state index in [-0.39, 0.29) is 65.7 Å². The summed E-state index contributed by atoms with van der Waals surface area (Å²) in [6.07, 6.45) is 7.97. The van der Waals surface area contributed by atoms with Gasteiger partial charge in [0.2, 0.25) is 5.95 Å². The smallest absolute Gasteiger partial charge is 0.266 e. The number of hydrogen-bond donors (Lipinski definition) is 1. The monoisotopic (exact) mass is 804 g/mol. The third kappa shape index (κ3) is 8.11. The van der Waals surface area contributed by atoms with Gasteiger partial charge in [0.05, 0.1) is 54.3 Å². The minimum absolute atomic E-state index is 0.000918. The Morgan fingerprint density at radius 2 is 1.69 bits per heavy atom. The number of benzene rings is 1. The lowest BCUT2D eigenvalue weighted by atomic mass is 9.92. The van der Waals surface area contributed by atoms with Crippen LogP contribution in [0.1, 0.15) is 101 Å². The van der Waals surface area contributed by atoms with Gasteiger partial charge in [-0.25, -0.2) is 9.97 Å². The zero-order valence-corrected chi connectivity index (χ0v) is 33.4. The minimum atomic E-state index is -0.920. The van der Waals surface area contributed by atoms with Crippen LogP contribution in [-0.4, -0.2) is 117 Å². The van der Waals surface area contributed by atoms with Crippen molar-refractivity contribution in [2.24, 2.45) is 0 Å². The number of rotatable bonds is 14. The fraction of sp³-hybridized carbons (Fsp3) is 0.465. The summed E-state index contributed by atoms with van der Waals surface area (Å²) < 4.78 is 13.5. The van der Waals surface area contributed by atoms with E-state index < -0.39 is 23.6 Å². The molecule has 16 nitrogen and oxygen atoms in total. The average molecular weight is 805 g/mol. The van der Waals surface area contributed by atoms with Gasteiger partial charge >= 0.3 is 0 Å². The van der Waals surface area contributed by atoms with Crippen LogP contribution >= 0.6 is 0 Å². The van der Waals surface area contributed by atoms with E-state index in [0.717, 1.165) is 69.0 Å². The Morgan fingerprint density at radius 3 is 2.42 bits per heavy atom. The first-order valence-electron chi connectivity index (χ1n) is 20.5. The van der Waals surface area contributed by atoms with Gasteiger partial charge in [-0.3, -0.25) is 43.1 Å². The molecule has 0 spiro atoms. The first-order valence-corrected chi connectivity index (χ1v) is 20.5. The van der Waals surface area contributed by atoms with Gasteiger partial charge in [0, 0.05) is 69.8 Å². The molecule has 16 heteroatoms. The maximum Gasteiger partial charge on any atom is 0.266 e.